The molecule has 0 aliphatic carbocycles. The van der Waals surface area contributed by atoms with Crippen LogP contribution in [0.5, 0.6) is 0 Å². The van der Waals surface area contributed by atoms with Crippen LogP contribution < -0.4 is 10.5 Å². The maximum absolute atomic E-state index is 12.5. The second kappa shape index (κ2) is 10.6. The van der Waals surface area contributed by atoms with Crippen molar-refractivity contribution in [2.75, 3.05) is 5.32 Å². The fraction of sp³-hybridized carbons (Fsp3) is 0.200. The average molecular weight is 516 g/mol. The SMILES string of the molecule is CC(C)Cc1ccc(-c2c(Cl)cc(NC(=O)Cc3ccc(S(N)(=O)=O)cc3)cc2Cl)cc1C#N. The van der Waals surface area contributed by atoms with Crippen molar-refractivity contribution in [2.45, 2.75) is 31.6 Å². The minimum Gasteiger partial charge on any atom is -0.326 e. The maximum atomic E-state index is 12.5. The Kier molecular flexibility index (Phi) is 8.01. The molecule has 176 valence electrons. The third-order valence-corrected chi connectivity index (χ3v) is 6.62. The van der Waals surface area contributed by atoms with Gasteiger partial charge in [-0.15, -0.1) is 0 Å². The molecule has 0 aliphatic rings. The number of carbonyl (C=O) groups excluding carboxylic acids is 1. The zero-order valence-corrected chi connectivity index (χ0v) is 20.9. The lowest BCUT2D eigenvalue weighted by atomic mass is 9.94. The monoisotopic (exact) mass is 515 g/mol. The smallest absolute Gasteiger partial charge is 0.238 e. The van der Waals surface area contributed by atoms with Crippen molar-refractivity contribution in [2.24, 2.45) is 11.1 Å². The molecule has 0 aromatic heterocycles. The molecule has 0 bridgehead atoms. The van der Waals surface area contributed by atoms with E-state index in [9.17, 15) is 18.5 Å². The van der Waals surface area contributed by atoms with E-state index in [1.807, 2.05) is 12.1 Å². The standard InChI is InChI=1S/C25H23Cl2N3O3S/c1-15(2)9-17-5-6-18(11-19(17)14-28)25-22(26)12-20(13-23(25)27)30-24(31)10-16-3-7-21(8-4-16)34(29,32)33/h3-8,11-13,15H,9-10H2,1-2H3,(H,30,31)(H2,29,32,33). The zero-order chi connectivity index (χ0) is 25.0. The molecule has 0 aliphatic heterocycles. The molecule has 6 nitrogen and oxygen atoms in total. The van der Waals surface area contributed by atoms with Crippen molar-refractivity contribution in [3.8, 4) is 17.2 Å². The summed E-state index contributed by atoms with van der Waals surface area (Å²) in [6.07, 6.45) is 0.811. The van der Waals surface area contributed by atoms with E-state index in [1.165, 1.54) is 24.3 Å². The van der Waals surface area contributed by atoms with Crippen LogP contribution in [0.15, 0.2) is 59.5 Å². The van der Waals surface area contributed by atoms with E-state index in [0.717, 1.165) is 12.0 Å². The number of halogens is 2. The van der Waals surface area contributed by atoms with Gasteiger partial charge in [0.05, 0.1) is 33.0 Å². The second-order valence-corrected chi connectivity index (χ2v) is 10.7. The third-order valence-electron chi connectivity index (χ3n) is 5.09. The molecule has 3 rings (SSSR count). The lowest BCUT2D eigenvalue weighted by Gasteiger charge is -2.14. The predicted molar refractivity (Wildman–Crippen MR) is 135 cm³/mol. The van der Waals surface area contributed by atoms with Crippen LogP contribution in [0.25, 0.3) is 11.1 Å². The topological polar surface area (TPSA) is 113 Å². The summed E-state index contributed by atoms with van der Waals surface area (Å²) in [6, 6.07) is 16.8. The average Bonchev–Trinajstić information content (AvgIpc) is 2.73. The van der Waals surface area contributed by atoms with Crippen molar-refractivity contribution in [3.63, 3.8) is 0 Å². The highest BCUT2D eigenvalue weighted by Gasteiger charge is 2.15. The van der Waals surface area contributed by atoms with Crippen molar-refractivity contribution >= 4 is 44.8 Å². The minimum atomic E-state index is -3.79. The van der Waals surface area contributed by atoms with Crippen molar-refractivity contribution in [1.82, 2.24) is 0 Å². The summed E-state index contributed by atoms with van der Waals surface area (Å²) in [5.41, 5.74) is 3.86. The van der Waals surface area contributed by atoms with Crippen LogP contribution in [0.2, 0.25) is 10.0 Å². The number of hydrogen-bond acceptors (Lipinski definition) is 4. The first-order chi connectivity index (χ1) is 16.0. The van der Waals surface area contributed by atoms with Gasteiger partial charge in [0.25, 0.3) is 0 Å². The summed E-state index contributed by atoms with van der Waals surface area (Å²) in [4.78, 5) is 12.4. The first-order valence-electron chi connectivity index (χ1n) is 10.4. The van der Waals surface area contributed by atoms with Gasteiger partial charge in [0, 0.05) is 11.3 Å². The molecule has 9 heteroatoms. The van der Waals surface area contributed by atoms with Gasteiger partial charge >= 0.3 is 0 Å². The first-order valence-corrected chi connectivity index (χ1v) is 12.7. The van der Waals surface area contributed by atoms with E-state index in [4.69, 9.17) is 28.3 Å². The quantitative estimate of drug-likeness (QED) is 0.428. The number of amides is 1. The molecule has 0 spiro atoms. The molecule has 34 heavy (non-hydrogen) atoms. The van der Waals surface area contributed by atoms with E-state index in [2.05, 4.69) is 25.2 Å². The molecule has 0 fully saturated rings. The highest BCUT2D eigenvalue weighted by Crippen LogP contribution is 2.38. The van der Waals surface area contributed by atoms with Gasteiger partial charge in [-0.2, -0.15) is 5.26 Å². The van der Waals surface area contributed by atoms with Crippen LogP contribution in [0, 0.1) is 17.2 Å². The summed E-state index contributed by atoms with van der Waals surface area (Å²) in [6.45, 7) is 4.19. The molecule has 0 unspecified atom stereocenters. The summed E-state index contributed by atoms with van der Waals surface area (Å²) in [5, 5.41) is 18.1. The Hall–Kier alpha value is -2.89. The predicted octanol–water partition coefficient (Wildman–Crippen LogP) is 5.56. The highest BCUT2D eigenvalue weighted by molar-refractivity contribution is 7.89. The number of nitrogens with one attached hydrogen (secondary N) is 1. The number of nitriles is 1. The Labute approximate surface area is 209 Å². The van der Waals surface area contributed by atoms with Gasteiger partial charge in [0.1, 0.15) is 0 Å². The summed E-state index contributed by atoms with van der Waals surface area (Å²) < 4.78 is 22.7. The van der Waals surface area contributed by atoms with Gasteiger partial charge in [-0.1, -0.05) is 61.3 Å². The number of nitrogens with two attached hydrogens (primary N) is 1. The highest BCUT2D eigenvalue weighted by atomic mass is 35.5. The minimum absolute atomic E-state index is 0.0186. The first kappa shape index (κ1) is 25.7. The van der Waals surface area contributed by atoms with E-state index in [-0.39, 0.29) is 17.2 Å². The van der Waals surface area contributed by atoms with Gasteiger partial charge in [0.2, 0.25) is 15.9 Å². The van der Waals surface area contributed by atoms with E-state index < -0.39 is 10.0 Å². The van der Waals surface area contributed by atoms with Crippen LogP contribution in [-0.2, 0) is 27.7 Å². The number of nitrogens with zero attached hydrogens (tertiary/aromatic N) is 1. The van der Waals surface area contributed by atoms with E-state index in [0.29, 0.717) is 43.9 Å². The Morgan fingerprint density at radius 2 is 1.68 bits per heavy atom. The van der Waals surface area contributed by atoms with Crippen LogP contribution in [0.4, 0.5) is 5.69 Å². The number of hydrogen-bond donors (Lipinski definition) is 2. The molecule has 0 saturated heterocycles. The molecule has 0 heterocycles. The second-order valence-electron chi connectivity index (χ2n) is 8.31. The normalized spacial score (nSPS) is 11.3. The van der Waals surface area contributed by atoms with Crippen LogP contribution in [-0.4, -0.2) is 14.3 Å². The maximum Gasteiger partial charge on any atom is 0.238 e. The van der Waals surface area contributed by atoms with Crippen LogP contribution >= 0.6 is 23.2 Å². The molecular weight excluding hydrogens is 493 g/mol. The number of anilines is 1. The molecule has 0 saturated carbocycles. The van der Waals surface area contributed by atoms with Crippen LogP contribution in [0.1, 0.15) is 30.5 Å². The third kappa shape index (κ3) is 6.37. The molecule has 3 aromatic carbocycles. The molecule has 0 radical (unpaired) electrons. The van der Waals surface area contributed by atoms with Crippen molar-refractivity contribution in [3.05, 3.63) is 81.3 Å². The number of rotatable bonds is 7. The number of primary sulfonamides is 1. The fourth-order valence-electron chi connectivity index (χ4n) is 3.56. The Balaban J connectivity index is 1.79. The molecule has 1 amide bonds. The van der Waals surface area contributed by atoms with Gasteiger partial charge in [-0.05, 0) is 59.4 Å². The number of carbonyl (C=O) groups is 1. The Bertz CT molecular complexity index is 1360. The summed E-state index contributed by atoms with van der Waals surface area (Å²) in [5.74, 6) is 0.0905. The fourth-order valence-corrected chi connectivity index (χ4v) is 4.78. The lowest BCUT2D eigenvalue weighted by Crippen LogP contribution is -2.15. The Morgan fingerprint density at radius 1 is 1.06 bits per heavy atom. The molecular formula is C25H23Cl2N3O3S. The lowest BCUT2D eigenvalue weighted by molar-refractivity contribution is -0.115. The number of sulfonamides is 1. The molecule has 3 aromatic rings. The van der Waals surface area contributed by atoms with E-state index >= 15 is 0 Å². The Morgan fingerprint density at radius 3 is 2.21 bits per heavy atom. The largest absolute Gasteiger partial charge is 0.326 e. The van der Waals surface area contributed by atoms with Gasteiger partial charge in [-0.3, -0.25) is 4.79 Å². The molecule has 3 N–H and O–H groups in total. The van der Waals surface area contributed by atoms with Crippen molar-refractivity contribution in [1.29, 1.82) is 5.26 Å². The van der Waals surface area contributed by atoms with E-state index in [1.54, 1.807) is 18.2 Å². The summed E-state index contributed by atoms with van der Waals surface area (Å²) >= 11 is 13.0. The zero-order valence-electron chi connectivity index (χ0n) is 18.6. The van der Waals surface area contributed by atoms with Crippen LogP contribution in [0.3, 0.4) is 0 Å². The number of benzene rings is 3. The van der Waals surface area contributed by atoms with Gasteiger partial charge in [-0.25, -0.2) is 13.6 Å². The summed E-state index contributed by atoms with van der Waals surface area (Å²) in [7, 11) is -3.79. The van der Waals surface area contributed by atoms with Gasteiger partial charge in [0.15, 0.2) is 0 Å². The van der Waals surface area contributed by atoms with Gasteiger partial charge < -0.3 is 5.32 Å². The molecule has 0 atom stereocenters. The van der Waals surface area contributed by atoms with Crippen molar-refractivity contribution < 1.29 is 13.2 Å².